The Kier molecular flexibility index (Phi) is 6.78. The lowest BCUT2D eigenvalue weighted by Gasteiger charge is -2.43. The maximum Gasteiger partial charge on any atom is 0.262 e. The number of aliphatic hydroxyl groups excluding tert-OH is 4. The monoisotopic (exact) mass is 706 g/mol. The number of rotatable bonds is 3. The minimum atomic E-state index is -2.34. The molecule has 0 spiro atoms. The molecule has 1 saturated heterocycles. The number of hydrogen-bond acceptors (Lipinski definition) is 15. The van der Waals surface area contributed by atoms with Crippen molar-refractivity contribution in [3.63, 3.8) is 0 Å². The van der Waals surface area contributed by atoms with Gasteiger partial charge >= 0.3 is 0 Å². The number of aromatic hydroxyl groups is 2. The van der Waals surface area contributed by atoms with Crippen LogP contribution in [0, 0.1) is 0 Å². The molecule has 4 aliphatic heterocycles. The summed E-state index contributed by atoms with van der Waals surface area (Å²) in [5.74, 6) is -3.42. The first kappa shape index (κ1) is 32.6. The molecule has 0 aliphatic carbocycles. The lowest BCUT2D eigenvalue weighted by molar-refractivity contribution is -0.277. The van der Waals surface area contributed by atoms with Crippen LogP contribution in [0.4, 0.5) is 0 Å². The maximum atomic E-state index is 13.9. The highest BCUT2D eigenvalue weighted by atomic mass is 16.7. The van der Waals surface area contributed by atoms with Gasteiger partial charge in [-0.05, 0) is 27.7 Å². The predicted octanol–water partition coefficient (Wildman–Crippen LogP) is 1.68. The van der Waals surface area contributed by atoms with E-state index in [1.54, 1.807) is 20.8 Å². The highest BCUT2D eigenvalue weighted by Gasteiger charge is 2.53. The summed E-state index contributed by atoms with van der Waals surface area (Å²) < 4.78 is 36.6. The molecular formula is C36H34O15. The largest absolute Gasteiger partial charge is 0.507 e. The van der Waals surface area contributed by atoms with Crippen LogP contribution >= 0.6 is 0 Å². The van der Waals surface area contributed by atoms with Gasteiger partial charge in [-0.2, -0.15) is 0 Å². The fourth-order valence-electron chi connectivity index (χ4n) is 8.66. The van der Waals surface area contributed by atoms with Crippen molar-refractivity contribution in [3.8, 4) is 23.0 Å². The first-order valence-electron chi connectivity index (χ1n) is 16.7. The third-order valence-electron chi connectivity index (χ3n) is 10.9. The zero-order valence-corrected chi connectivity index (χ0v) is 27.7. The van der Waals surface area contributed by atoms with Crippen LogP contribution in [0.2, 0.25) is 0 Å². The molecule has 0 amide bonds. The molecule has 4 aromatic carbocycles. The molecule has 5 aromatic rings. The van der Waals surface area contributed by atoms with Crippen molar-refractivity contribution in [1.82, 2.24) is 0 Å². The van der Waals surface area contributed by atoms with Crippen molar-refractivity contribution in [2.24, 2.45) is 0 Å². The van der Waals surface area contributed by atoms with E-state index in [-0.39, 0.29) is 84.4 Å². The number of hydrogen-bond donors (Lipinski definition) is 7. The van der Waals surface area contributed by atoms with Crippen LogP contribution in [0.1, 0.15) is 62.2 Å². The molecule has 15 heteroatoms. The summed E-state index contributed by atoms with van der Waals surface area (Å²) in [4.78, 5) is 27.8. The van der Waals surface area contributed by atoms with E-state index >= 15 is 0 Å². The van der Waals surface area contributed by atoms with E-state index in [1.165, 1.54) is 0 Å². The molecular weight excluding hydrogens is 672 g/mol. The first-order chi connectivity index (χ1) is 24.2. The van der Waals surface area contributed by atoms with Crippen LogP contribution < -0.4 is 20.3 Å². The molecule has 15 nitrogen and oxygen atoms in total. The average molecular weight is 707 g/mol. The number of phenolic OH excluding ortho intramolecular Hbond substituents is 2. The van der Waals surface area contributed by atoms with Gasteiger partial charge in [-0.3, -0.25) is 9.59 Å². The quantitative estimate of drug-likeness (QED) is 0.104. The van der Waals surface area contributed by atoms with Gasteiger partial charge in [-0.15, -0.1) is 0 Å². The van der Waals surface area contributed by atoms with Crippen molar-refractivity contribution in [2.45, 2.75) is 95.0 Å². The molecule has 1 aromatic heterocycles. The maximum absolute atomic E-state index is 13.9. The van der Waals surface area contributed by atoms with E-state index in [1.807, 2.05) is 6.92 Å². The zero-order chi connectivity index (χ0) is 36.2. The third kappa shape index (κ3) is 4.05. The summed E-state index contributed by atoms with van der Waals surface area (Å²) in [5.41, 5.74) is -0.885. The smallest absolute Gasteiger partial charge is 0.262 e. The topological polar surface area (TPSA) is 235 Å². The Balaban J connectivity index is 1.48. The normalized spacial score (nSPS) is 32.9. The van der Waals surface area contributed by atoms with Gasteiger partial charge in [0, 0.05) is 62.4 Å². The van der Waals surface area contributed by atoms with E-state index in [2.05, 4.69) is 0 Å². The van der Waals surface area contributed by atoms with E-state index in [4.69, 9.17) is 28.1 Å². The Labute approximate surface area is 286 Å². The van der Waals surface area contributed by atoms with Crippen molar-refractivity contribution < 1.29 is 63.8 Å². The lowest BCUT2D eigenvalue weighted by atomic mass is 9.81. The van der Waals surface area contributed by atoms with Crippen LogP contribution in [0.25, 0.3) is 43.5 Å². The summed E-state index contributed by atoms with van der Waals surface area (Å²) in [7, 11) is 0. The van der Waals surface area contributed by atoms with E-state index in [9.17, 15) is 45.3 Å². The van der Waals surface area contributed by atoms with Crippen molar-refractivity contribution in [2.75, 3.05) is 6.61 Å². The van der Waals surface area contributed by atoms with Gasteiger partial charge in [-0.25, -0.2) is 0 Å². The Morgan fingerprint density at radius 1 is 0.804 bits per heavy atom. The Bertz CT molecular complexity index is 2460. The molecule has 268 valence electrons. The van der Waals surface area contributed by atoms with E-state index in [0.717, 1.165) is 12.1 Å². The average Bonchev–Trinajstić information content (AvgIpc) is 3.19. The van der Waals surface area contributed by atoms with Crippen LogP contribution in [-0.4, -0.2) is 85.3 Å². The second kappa shape index (κ2) is 10.6. The molecule has 1 fully saturated rings. The number of ether oxygens (including phenoxy) is 5. The van der Waals surface area contributed by atoms with Gasteiger partial charge in [0.05, 0.1) is 35.7 Å². The van der Waals surface area contributed by atoms with Gasteiger partial charge in [0.15, 0.2) is 11.0 Å². The fraction of sp³-hybridized carbons (Fsp3) is 0.444. The van der Waals surface area contributed by atoms with Crippen LogP contribution in [-0.2, 0) is 26.4 Å². The van der Waals surface area contributed by atoms with Crippen molar-refractivity contribution in [3.05, 3.63) is 54.8 Å². The van der Waals surface area contributed by atoms with Gasteiger partial charge in [0.1, 0.15) is 59.1 Å². The SMILES string of the molecule is C[C@@H]1Cc2c(c(O)c3c(=O)cc4oc5c(=O)cc(O[C@@H]6O[C@H](CO)[C@@H](O)[C@H](O)[C@H]6O)c6c(O)c7c8c(c65)c4c3c2O[C@@]8(O)[C@@H](C)O[C@@H]7C)[C@@H](C)O1. The molecule has 0 unspecified atom stereocenters. The fourth-order valence-corrected chi connectivity index (χ4v) is 8.66. The molecule has 0 saturated carbocycles. The molecule has 0 radical (unpaired) electrons. The Morgan fingerprint density at radius 2 is 1.51 bits per heavy atom. The minimum absolute atomic E-state index is 0.0377. The molecule has 10 atom stereocenters. The summed E-state index contributed by atoms with van der Waals surface area (Å²) in [6.07, 6.45) is -11.2. The van der Waals surface area contributed by atoms with Crippen LogP contribution in [0.3, 0.4) is 0 Å². The number of phenols is 2. The Morgan fingerprint density at radius 3 is 2.24 bits per heavy atom. The van der Waals surface area contributed by atoms with Crippen molar-refractivity contribution in [1.29, 1.82) is 0 Å². The number of benzene rings is 4. The second-order valence-corrected chi connectivity index (χ2v) is 14.0. The summed E-state index contributed by atoms with van der Waals surface area (Å²) in [6.45, 7) is 6.06. The standard InChI is InChI=1S/C36H34O15/c1-9-5-13-19(10(2)46-9)29(41)21-14(38)6-16-22-24-26-23(30(42)20-11(3)47-12(4)36(45,27(20)24)51-33(13)25(21)22)17(7-15(39)34(26)48-16)49-35-32(44)31(43)28(40)18(8-37)50-35/h6-7,9-12,18,28,31-32,35,37,40-45H,5,8H2,1-4H3/t9-,10-,11-,12-,18-,28-,31+,32-,35-,36+/m1/s1. The number of aliphatic hydroxyl groups is 5. The number of fused-ring (bicyclic) bond motifs is 2. The van der Waals surface area contributed by atoms with Crippen LogP contribution in [0.15, 0.2) is 26.1 Å². The molecule has 51 heavy (non-hydrogen) atoms. The van der Waals surface area contributed by atoms with Crippen LogP contribution in [0.5, 0.6) is 23.0 Å². The first-order valence-corrected chi connectivity index (χ1v) is 16.7. The highest BCUT2D eigenvalue weighted by Crippen LogP contribution is 2.59. The van der Waals surface area contributed by atoms with E-state index in [0.29, 0.717) is 11.1 Å². The Hall–Kier alpha value is -4.32. The zero-order valence-electron chi connectivity index (χ0n) is 27.7. The molecule has 4 aliphatic rings. The summed E-state index contributed by atoms with van der Waals surface area (Å²) >= 11 is 0. The molecule has 7 N–H and O–H groups in total. The van der Waals surface area contributed by atoms with Gasteiger partial charge < -0.3 is 63.8 Å². The second-order valence-electron chi connectivity index (χ2n) is 14.0. The lowest BCUT2D eigenvalue weighted by Crippen LogP contribution is -2.60. The van der Waals surface area contributed by atoms with Gasteiger partial charge in [-0.1, -0.05) is 0 Å². The predicted molar refractivity (Wildman–Crippen MR) is 176 cm³/mol. The molecule has 0 bridgehead atoms. The molecule has 9 rings (SSSR count). The van der Waals surface area contributed by atoms with Crippen molar-refractivity contribution >= 4 is 43.5 Å². The third-order valence-corrected chi connectivity index (χ3v) is 10.9. The minimum Gasteiger partial charge on any atom is -0.507 e. The van der Waals surface area contributed by atoms with Gasteiger partial charge in [0.25, 0.3) is 5.79 Å². The summed E-state index contributed by atoms with van der Waals surface area (Å²) in [6, 6.07) is 2.11. The van der Waals surface area contributed by atoms with E-state index < -0.39 is 78.0 Å². The highest BCUT2D eigenvalue weighted by molar-refractivity contribution is 6.30. The van der Waals surface area contributed by atoms with Gasteiger partial charge in [0.2, 0.25) is 11.7 Å². The molecule has 5 heterocycles. The summed E-state index contributed by atoms with van der Waals surface area (Å²) in [5, 5.41) is 78.2.